The Balaban J connectivity index is 2.29. The summed E-state index contributed by atoms with van der Waals surface area (Å²) >= 11 is 0. The highest BCUT2D eigenvalue weighted by atomic mass is 16.5. The number of likely N-dealkylation sites (N-methyl/N-ethyl adjacent to an activating group) is 1. The molecule has 0 saturated heterocycles. The van der Waals surface area contributed by atoms with E-state index in [-0.39, 0.29) is 16.9 Å². The molecule has 0 unspecified atom stereocenters. The Kier molecular flexibility index (Phi) is 5.63. The molecule has 2 aliphatic heterocycles. The summed E-state index contributed by atoms with van der Waals surface area (Å²) in [4.78, 5) is 2.00. The molecule has 0 aliphatic carbocycles. The second-order valence-electron chi connectivity index (χ2n) is 6.09. The van der Waals surface area contributed by atoms with Crippen molar-refractivity contribution in [3.05, 3.63) is 83.0 Å². The van der Waals surface area contributed by atoms with Gasteiger partial charge in [-0.2, -0.15) is 15.8 Å². The van der Waals surface area contributed by atoms with Gasteiger partial charge in [0.2, 0.25) is 0 Å². The quantitative estimate of drug-likeness (QED) is 0.573. The molecule has 0 radical (unpaired) electrons. The van der Waals surface area contributed by atoms with Crippen LogP contribution in [0, 0.1) is 34.0 Å². The molecule has 0 N–H and O–H groups in total. The first-order valence-corrected chi connectivity index (χ1v) is 7.96. The second kappa shape index (κ2) is 7.88. The Morgan fingerprint density at radius 1 is 1.12 bits per heavy atom. The lowest BCUT2D eigenvalue weighted by atomic mass is 9.95. The lowest BCUT2D eigenvalue weighted by molar-refractivity contribution is 0.0954. The van der Waals surface area contributed by atoms with E-state index in [0.717, 1.165) is 5.70 Å². The van der Waals surface area contributed by atoms with E-state index in [2.05, 4.69) is 6.07 Å². The van der Waals surface area contributed by atoms with Crippen LogP contribution in [0.3, 0.4) is 0 Å². The van der Waals surface area contributed by atoms with Crippen molar-refractivity contribution in [3.8, 4) is 18.2 Å². The van der Waals surface area contributed by atoms with Gasteiger partial charge in [0.05, 0.1) is 0 Å². The molecule has 26 heavy (non-hydrogen) atoms. The average molecular weight is 342 g/mol. The first kappa shape index (κ1) is 18.6. The van der Waals surface area contributed by atoms with Crippen LogP contribution in [0.15, 0.2) is 83.0 Å². The van der Waals surface area contributed by atoms with Crippen molar-refractivity contribution in [1.82, 2.24) is 4.90 Å². The maximum Gasteiger partial charge on any atom is 0.172 e. The molecule has 128 valence electrons. The molecule has 0 aromatic carbocycles. The van der Waals surface area contributed by atoms with E-state index in [0.29, 0.717) is 5.57 Å². The standard InChI is InChI=1S/C21H18N4O/c1-21(2)19(18(15-24)20(26-21)16(13-22)14-23)11-6-4-5-9-17-10-7-8-12-25(17)3/h4-12H,1-3H3/b5-4+,11-6+,17-9+. The molecule has 0 spiro atoms. The third kappa shape index (κ3) is 3.83. The predicted molar refractivity (Wildman–Crippen MR) is 98.5 cm³/mol. The van der Waals surface area contributed by atoms with Gasteiger partial charge in [-0.1, -0.05) is 30.4 Å². The molecule has 2 rings (SSSR count). The van der Waals surface area contributed by atoms with Crippen LogP contribution in [-0.4, -0.2) is 17.5 Å². The maximum absolute atomic E-state index is 9.46. The Hall–Kier alpha value is -3.75. The zero-order chi connectivity index (χ0) is 19.2. The summed E-state index contributed by atoms with van der Waals surface area (Å²) in [7, 11) is 1.97. The largest absolute Gasteiger partial charge is 0.480 e. The molecule has 5 nitrogen and oxygen atoms in total. The van der Waals surface area contributed by atoms with Gasteiger partial charge in [-0.05, 0) is 32.1 Å². The van der Waals surface area contributed by atoms with Gasteiger partial charge in [-0.15, -0.1) is 0 Å². The zero-order valence-electron chi connectivity index (χ0n) is 14.9. The molecule has 0 atom stereocenters. The second-order valence-corrected chi connectivity index (χ2v) is 6.09. The predicted octanol–water partition coefficient (Wildman–Crippen LogP) is 3.93. The van der Waals surface area contributed by atoms with Crippen molar-refractivity contribution < 1.29 is 4.74 Å². The fraction of sp³-hybridized carbons (Fsp3) is 0.190. The normalized spacial score (nSPS) is 19.8. The van der Waals surface area contributed by atoms with Gasteiger partial charge in [0, 0.05) is 24.5 Å². The molecular formula is C21H18N4O. The highest BCUT2D eigenvalue weighted by Crippen LogP contribution is 2.40. The molecule has 0 amide bonds. The summed E-state index contributed by atoms with van der Waals surface area (Å²) in [6.45, 7) is 3.59. The lowest BCUT2D eigenvalue weighted by Crippen LogP contribution is -2.20. The monoisotopic (exact) mass is 342 g/mol. The van der Waals surface area contributed by atoms with Gasteiger partial charge in [0.1, 0.15) is 29.4 Å². The Morgan fingerprint density at radius 2 is 1.85 bits per heavy atom. The minimum Gasteiger partial charge on any atom is -0.480 e. The van der Waals surface area contributed by atoms with Crippen molar-refractivity contribution in [1.29, 1.82) is 15.8 Å². The summed E-state index contributed by atoms with van der Waals surface area (Å²) in [5, 5.41) is 27.6. The molecule has 0 aromatic heterocycles. The van der Waals surface area contributed by atoms with Crippen molar-refractivity contribution in [2.24, 2.45) is 0 Å². The summed E-state index contributed by atoms with van der Waals surface area (Å²) in [6, 6.07) is 5.61. The number of hydrogen-bond acceptors (Lipinski definition) is 5. The molecule has 2 aliphatic rings. The first-order valence-electron chi connectivity index (χ1n) is 7.96. The third-order valence-corrected chi connectivity index (χ3v) is 3.91. The van der Waals surface area contributed by atoms with Gasteiger partial charge in [-0.25, -0.2) is 0 Å². The van der Waals surface area contributed by atoms with Gasteiger partial charge < -0.3 is 9.64 Å². The van der Waals surface area contributed by atoms with Gasteiger partial charge in [-0.3, -0.25) is 0 Å². The van der Waals surface area contributed by atoms with E-state index in [1.54, 1.807) is 38.1 Å². The SMILES string of the molecule is CN1C=CC=C\C1=C/C=C/C=C/C1=C(C#N)C(=C(C#N)C#N)OC1(C)C. The van der Waals surface area contributed by atoms with Crippen LogP contribution >= 0.6 is 0 Å². The maximum atomic E-state index is 9.46. The minimum atomic E-state index is -0.792. The highest BCUT2D eigenvalue weighted by Gasteiger charge is 2.38. The molecule has 5 heteroatoms. The summed E-state index contributed by atoms with van der Waals surface area (Å²) in [5.41, 5.74) is 0.915. The Morgan fingerprint density at radius 3 is 2.46 bits per heavy atom. The Labute approximate surface area is 153 Å². The molecular weight excluding hydrogens is 324 g/mol. The number of nitriles is 3. The molecule has 0 fully saturated rings. The van der Waals surface area contributed by atoms with Crippen molar-refractivity contribution in [2.75, 3.05) is 7.05 Å². The lowest BCUT2D eigenvalue weighted by Gasteiger charge is -2.20. The molecule has 0 bridgehead atoms. The van der Waals surface area contributed by atoms with Crippen molar-refractivity contribution in [3.63, 3.8) is 0 Å². The molecule has 0 saturated carbocycles. The van der Waals surface area contributed by atoms with E-state index in [1.165, 1.54) is 0 Å². The molecule has 2 heterocycles. The number of hydrogen-bond donors (Lipinski definition) is 0. The smallest absolute Gasteiger partial charge is 0.172 e. The number of nitrogens with zero attached hydrogens (tertiary/aromatic N) is 4. The van der Waals surface area contributed by atoms with E-state index in [1.807, 2.05) is 54.6 Å². The van der Waals surface area contributed by atoms with Gasteiger partial charge in [0.25, 0.3) is 0 Å². The highest BCUT2D eigenvalue weighted by molar-refractivity contribution is 5.60. The van der Waals surface area contributed by atoms with E-state index >= 15 is 0 Å². The van der Waals surface area contributed by atoms with E-state index < -0.39 is 5.60 Å². The van der Waals surface area contributed by atoms with Crippen LogP contribution in [0.2, 0.25) is 0 Å². The zero-order valence-corrected chi connectivity index (χ0v) is 14.9. The van der Waals surface area contributed by atoms with Crippen molar-refractivity contribution >= 4 is 0 Å². The summed E-state index contributed by atoms with van der Waals surface area (Å²) in [6.07, 6.45) is 17.2. The van der Waals surface area contributed by atoms with Crippen LogP contribution in [0.25, 0.3) is 0 Å². The number of allylic oxidation sites excluding steroid dienone is 9. The van der Waals surface area contributed by atoms with Crippen LogP contribution < -0.4 is 0 Å². The topological polar surface area (TPSA) is 83.8 Å². The number of ether oxygens (including phenoxy) is 1. The van der Waals surface area contributed by atoms with Crippen LogP contribution in [0.5, 0.6) is 0 Å². The van der Waals surface area contributed by atoms with Gasteiger partial charge >= 0.3 is 0 Å². The fourth-order valence-electron chi connectivity index (χ4n) is 2.56. The summed E-state index contributed by atoms with van der Waals surface area (Å²) in [5.74, 6) is 0.0500. The van der Waals surface area contributed by atoms with E-state index in [4.69, 9.17) is 15.3 Å². The average Bonchev–Trinajstić information content (AvgIpc) is 2.87. The van der Waals surface area contributed by atoms with Crippen LogP contribution in [-0.2, 0) is 4.74 Å². The first-order chi connectivity index (χ1) is 12.4. The van der Waals surface area contributed by atoms with Crippen LogP contribution in [0.1, 0.15) is 13.8 Å². The van der Waals surface area contributed by atoms with Crippen LogP contribution in [0.4, 0.5) is 0 Å². The summed E-state index contributed by atoms with van der Waals surface area (Å²) < 4.78 is 5.70. The van der Waals surface area contributed by atoms with Gasteiger partial charge in [0.15, 0.2) is 11.3 Å². The van der Waals surface area contributed by atoms with Crippen molar-refractivity contribution in [2.45, 2.75) is 19.4 Å². The third-order valence-electron chi connectivity index (χ3n) is 3.91. The Bertz CT molecular complexity index is 916. The minimum absolute atomic E-state index is 0.0500. The molecule has 0 aromatic rings. The fourth-order valence-corrected chi connectivity index (χ4v) is 2.56. The van der Waals surface area contributed by atoms with E-state index in [9.17, 15) is 5.26 Å². The number of rotatable bonds is 3.